The van der Waals surface area contributed by atoms with Crippen LogP contribution in [0.2, 0.25) is 0 Å². The number of allylic oxidation sites excluding steroid dienone is 2. The summed E-state index contributed by atoms with van der Waals surface area (Å²) in [6, 6.07) is 6.92. The quantitative estimate of drug-likeness (QED) is 0.350. The molecule has 0 heterocycles. The van der Waals surface area contributed by atoms with Gasteiger partial charge in [0.1, 0.15) is 0 Å². The van der Waals surface area contributed by atoms with Crippen molar-refractivity contribution in [1.29, 1.82) is 0 Å². The first-order valence-electron chi connectivity index (χ1n) is 19.2. The van der Waals surface area contributed by atoms with E-state index in [1.807, 2.05) is 67.5 Å². The number of hydrogen-bond donors (Lipinski definition) is 1. The van der Waals surface area contributed by atoms with Crippen molar-refractivity contribution in [3.8, 4) is 0 Å². The van der Waals surface area contributed by atoms with E-state index in [-0.39, 0.29) is 7.43 Å². The number of fused-ring (bicyclic) bond motifs is 5. The Morgan fingerprint density at radius 3 is 1.78 bits per heavy atom. The molecule has 0 amide bonds. The van der Waals surface area contributed by atoms with Crippen molar-refractivity contribution in [3.05, 3.63) is 54.1 Å². The zero-order chi connectivity index (χ0) is 35.4. The second-order valence-electron chi connectivity index (χ2n) is 13.9. The minimum atomic E-state index is 0. The fourth-order valence-corrected chi connectivity index (χ4v) is 8.40. The highest BCUT2D eigenvalue weighted by Crippen LogP contribution is 2.68. The van der Waals surface area contributed by atoms with Crippen molar-refractivity contribution in [2.24, 2.45) is 45.7 Å². The maximum absolute atomic E-state index is 4.50. The van der Waals surface area contributed by atoms with Crippen molar-refractivity contribution in [1.82, 2.24) is 0 Å². The first-order valence-corrected chi connectivity index (χ1v) is 19.2. The van der Waals surface area contributed by atoms with Crippen LogP contribution in [0.25, 0.3) is 17.7 Å². The standard InChI is InChI=1S/C29H38.C6H14.4C2H6.CH5N.CH4/c1-5-20-11-12-23(19-21(20)6-2)25-15-16-27-26-14-13-22-9-7-8-10-24(22)28(26,3)17-18-29(25,27)4;1-5-6(2,3)4;5*1-2;/h5-6,11-12,15,19,22,24,26-27H,1-2,7-10,13-14,16-18H2,3-4H3;5H2,1-4H3;4*1-2H3;2H2,1H3;1H4. The average Bonchev–Trinajstić information content (AvgIpc) is 3.45. The van der Waals surface area contributed by atoms with Gasteiger partial charge >= 0.3 is 0 Å². The minimum Gasteiger partial charge on any atom is -0.333 e. The van der Waals surface area contributed by atoms with E-state index in [2.05, 4.69) is 84.7 Å². The summed E-state index contributed by atoms with van der Waals surface area (Å²) in [5.41, 5.74) is 11.4. The third-order valence-corrected chi connectivity index (χ3v) is 11.0. The lowest BCUT2D eigenvalue weighted by molar-refractivity contribution is -0.106. The van der Waals surface area contributed by atoms with Crippen molar-refractivity contribution >= 4 is 17.7 Å². The molecule has 2 N–H and O–H groups in total. The molecule has 0 radical (unpaired) electrons. The summed E-state index contributed by atoms with van der Waals surface area (Å²) in [7, 11) is 1.50. The zero-order valence-electron chi connectivity index (χ0n) is 33.3. The Morgan fingerprint density at radius 1 is 0.761 bits per heavy atom. The third-order valence-electron chi connectivity index (χ3n) is 11.0. The van der Waals surface area contributed by atoms with Gasteiger partial charge < -0.3 is 5.73 Å². The van der Waals surface area contributed by atoms with E-state index in [1.165, 1.54) is 87.9 Å². The molecule has 5 rings (SSSR count). The van der Waals surface area contributed by atoms with E-state index >= 15 is 0 Å². The van der Waals surface area contributed by atoms with Crippen LogP contribution in [0.1, 0.15) is 185 Å². The van der Waals surface area contributed by atoms with Gasteiger partial charge in [0.2, 0.25) is 0 Å². The molecule has 1 aromatic carbocycles. The van der Waals surface area contributed by atoms with Crippen LogP contribution in [0, 0.1) is 39.9 Å². The first-order chi connectivity index (χ1) is 21.6. The predicted octanol–water partition coefficient (Wildman–Crippen LogP) is 15.2. The predicted molar refractivity (Wildman–Crippen MR) is 218 cm³/mol. The largest absolute Gasteiger partial charge is 0.333 e. The number of benzene rings is 1. The van der Waals surface area contributed by atoms with Crippen molar-refractivity contribution in [2.75, 3.05) is 7.05 Å². The molecule has 270 valence electrons. The van der Waals surface area contributed by atoms with Gasteiger partial charge in [-0.1, -0.05) is 174 Å². The molecule has 6 unspecified atom stereocenters. The van der Waals surface area contributed by atoms with E-state index < -0.39 is 0 Å². The van der Waals surface area contributed by atoms with Crippen LogP contribution in [-0.4, -0.2) is 7.05 Å². The summed E-state index contributed by atoms with van der Waals surface area (Å²) < 4.78 is 0. The SMILES string of the molecule is C.C=Cc1ccc(C2=CCC3C4CCC5CCCCC5C4(C)CCC23C)cc1C=C.CC.CC.CC.CC.CCC(C)(C)C.CN. The molecule has 1 heteroatoms. The van der Waals surface area contributed by atoms with Gasteiger partial charge in [0.25, 0.3) is 0 Å². The second kappa shape index (κ2) is 24.5. The maximum atomic E-state index is 4.50. The summed E-state index contributed by atoms with van der Waals surface area (Å²) in [6.07, 6.45) is 20.9. The average molecular weight is 640 g/mol. The molecule has 0 bridgehead atoms. The van der Waals surface area contributed by atoms with Gasteiger partial charge in [-0.15, -0.1) is 0 Å². The Morgan fingerprint density at radius 2 is 1.28 bits per heavy atom. The van der Waals surface area contributed by atoms with Crippen LogP contribution in [0.3, 0.4) is 0 Å². The molecule has 4 aliphatic rings. The molecular weight excluding hydrogens is 555 g/mol. The lowest BCUT2D eigenvalue weighted by Crippen LogP contribution is -2.53. The van der Waals surface area contributed by atoms with Crippen molar-refractivity contribution in [2.45, 2.75) is 169 Å². The van der Waals surface area contributed by atoms with Crippen LogP contribution in [0.15, 0.2) is 37.4 Å². The van der Waals surface area contributed by atoms with E-state index in [4.69, 9.17) is 0 Å². The van der Waals surface area contributed by atoms with Crippen molar-refractivity contribution < 1.29 is 0 Å². The topological polar surface area (TPSA) is 26.0 Å². The van der Waals surface area contributed by atoms with Crippen LogP contribution in [0.4, 0.5) is 0 Å². The van der Waals surface area contributed by atoms with Gasteiger partial charge in [0.05, 0.1) is 0 Å². The van der Waals surface area contributed by atoms with Crippen LogP contribution >= 0.6 is 0 Å². The minimum absolute atomic E-state index is 0. The molecular formula is C45H85N. The zero-order valence-corrected chi connectivity index (χ0v) is 33.3. The second-order valence-corrected chi connectivity index (χ2v) is 13.9. The molecule has 6 atom stereocenters. The molecule has 1 nitrogen and oxygen atoms in total. The van der Waals surface area contributed by atoms with Crippen molar-refractivity contribution in [3.63, 3.8) is 0 Å². The Hall–Kier alpha value is -1.60. The van der Waals surface area contributed by atoms with Crippen LogP contribution < -0.4 is 5.73 Å². The van der Waals surface area contributed by atoms with Gasteiger partial charge in [-0.2, -0.15) is 0 Å². The molecule has 3 saturated carbocycles. The Balaban J connectivity index is -0.000000937. The van der Waals surface area contributed by atoms with Gasteiger partial charge in [0, 0.05) is 0 Å². The molecule has 46 heavy (non-hydrogen) atoms. The Labute approximate surface area is 292 Å². The van der Waals surface area contributed by atoms with E-state index in [1.54, 1.807) is 5.57 Å². The monoisotopic (exact) mass is 640 g/mol. The summed E-state index contributed by atoms with van der Waals surface area (Å²) >= 11 is 0. The normalized spacial score (nSPS) is 28.0. The van der Waals surface area contributed by atoms with Gasteiger partial charge in [-0.25, -0.2) is 0 Å². The molecule has 1 aromatic rings. The van der Waals surface area contributed by atoms with Gasteiger partial charge in [-0.05, 0) is 114 Å². The number of rotatable bonds is 3. The smallest absolute Gasteiger partial charge is 0.00383 e. The summed E-state index contributed by atoms with van der Waals surface area (Å²) in [6.45, 7) is 38.2. The van der Waals surface area contributed by atoms with Crippen LogP contribution in [0.5, 0.6) is 0 Å². The highest BCUT2D eigenvalue weighted by atomic mass is 14.6. The van der Waals surface area contributed by atoms with Crippen LogP contribution in [-0.2, 0) is 0 Å². The Kier molecular flexibility index (Phi) is 26.0. The highest BCUT2D eigenvalue weighted by molar-refractivity contribution is 5.77. The van der Waals surface area contributed by atoms with E-state index in [9.17, 15) is 0 Å². The molecule has 0 spiro atoms. The first kappa shape index (κ1) is 48.8. The third kappa shape index (κ3) is 11.8. The molecule has 0 aliphatic heterocycles. The number of nitrogens with two attached hydrogens (primary N) is 1. The number of hydrogen-bond acceptors (Lipinski definition) is 1. The maximum Gasteiger partial charge on any atom is -0.00383 e. The van der Waals surface area contributed by atoms with Gasteiger partial charge in [0.15, 0.2) is 0 Å². The summed E-state index contributed by atoms with van der Waals surface area (Å²) in [5.74, 6) is 3.79. The van der Waals surface area contributed by atoms with E-state index in [0.29, 0.717) is 16.2 Å². The van der Waals surface area contributed by atoms with E-state index in [0.717, 1.165) is 23.7 Å². The summed E-state index contributed by atoms with van der Waals surface area (Å²) in [4.78, 5) is 0. The fraction of sp³-hybridized carbons (Fsp3) is 0.733. The molecule has 4 aliphatic carbocycles. The van der Waals surface area contributed by atoms with Gasteiger partial charge in [-0.3, -0.25) is 0 Å². The molecule has 3 fully saturated rings. The Bertz CT molecular complexity index is 962. The lowest BCUT2D eigenvalue weighted by Gasteiger charge is -2.61. The molecule has 0 saturated heterocycles. The fourth-order valence-electron chi connectivity index (χ4n) is 8.40. The molecule has 0 aromatic heterocycles. The lowest BCUT2D eigenvalue weighted by atomic mass is 9.43. The highest BCUT2D eigenvalue weighted by Gasteiger charge is 2.59. The summed E-state index contributed by atoms with van der Waals surface area (Å²) in [5, 5.41) is 0.